The molecule has 2 heterocycles. The largest absolute Gasteiger partial charge is 0.468 e. The second-order valence-electron chi connectivity index (χ2n) is 5.25. The molecule has 0 spiro atoms. The zero-order valence-electron chi connectivity index (χ0n) is 14.4. The van der Waals surface area contributed by atoms with Crippen molar-refractivity contribution in [1.29, 1.82) is 0 Å². The molecule has 1 aliphatic rings. The molecule has 136 valence electrons. The first-order chi connectivity index (χ1) is 11.8. The molecule has 3 N–H and O–H groups in total. The number of methoxy groups -OCH3 is 1. The lowest BCUT2D eigenvalue weighted by Gasteiger charge is -2.24. The van der Waals surface area contributed by atoms with Crippen LogP contribution in [0.4, 0.5) is 11.5 Å². The molecule has 0 bridgehead atoms. The summed E-state index contributed by atoms with van der Waals surface area (Å²) in [6.07, 6.45) is 1.30. The second-order valence-corrected chi connectivity index (χ2v) is 5.25. The number of nitrogens with one attached hydrogen (secondary N) is 3. The minimum Gasteiger partial charge on any atom is -0.468 e. The fourth-order valence-electron chi connectivity index (χ4n) is 2.21. The monoisotopic (exact) mass is 352 g/mol. The third-order valence-corrected chi connectivity index (χ3v) is 3.36. The predicted molar refractivity (Wildman–Crippen MR) is 88.4 cm³/mol. The van der Waals surface area contributed by atoms with E-state index in [1.54, 1.807) is 13.8 Å². The van der Waals surface area contributed by atoms with Gasteiger partial charge in [0.1, 0.15) is 11.4 Å². The van der Waals surface area contributed by atoms with Crippen LogP contribution in [0.25, 0.3) is 0 Å². The highest BCUT2D eigenvalue weighted by Gasteiger charge is 2.38. The molecule has 25 heavy (non-hydrogen) atoms. The van der Waals surface area contributed by atoms with Crippen molar-refractivity contribution in [1.82, 2.24) is 9.97 Å². The van der Waals surface area contributed by atoms with Gasteiger partial charge >= 0.3 is 11.9 Å². The van der Waals surface area contributed by atoms with Gasteiger partial charge in [-0.25, -0.2) is 9.59 Å². The quantitative estimate of drug-likeness (QED) is 0.644. The molecule has 10 nitrogen and oxygen atoms in total. The maximum Gasteiger partial charge on any atom is 0.354 e. The molecule has 0 unspecified atom stereocenters. The highest BCUT2D eigenvalue weighted by atomic mass is 16.5. The maximum absolute atomic E-state index is 12.4. The van der Waals surface area contributed by atoms with E-state index < -0.39 is 23.0 Å². The van der Waals surface area contributed by atoms with Gasteiger partial charge < -0.3 is 24.8 Å². The first-order valence-electron chi connectivity index (χ1n) is 7.65. The Morgan fingerprint density at radius 3 is 2.52 bits per heavy atom. The van der Waals surface area contributed by atoms with Crippen LogP contribution >= 0.6 is 0 Å². The Labute approximate surface area is 143 Å². The summed E-state index contributed by atoms with van der Waals surface area (Å²) in [5.74, 6) is -1.34. The molecular formula is C15H20N4O6. The van der Waals surface area contributed by atoms with Crippen molar-refractivity contribution in [3.05, 3.63) is 22.1 Å². The maximum atomic E-state index is 12.4. The third kappa shape index (κ3) is 3.73. The number of carbonyl (C=O) groups excluding carboxylic acids is 2. The Kier molecular flexibility index (Phi) is 5.30. The molecule has 1 aromatic heterocycles. The number of aromatic amines is 1. The minimum atomic E-state index is -1.49. The van der Waals surface area contributed by atoms with Crippen LogP contribution in [0.1, 0.15) is 20.8 Å². The number of aromatic nitrogens is 2. The number of rotatable bonds is 5. The lowest BCUT2D eigenvalue weighted by molar-refractivity contribution is -0.146. The number of carbonyl (C=O) groups is 2. The van der Waals surface area contributed by atoms with Gasteiger partial charge in [-0.1, -0.05) is 0 Å². The Bertz CT molecular complexity index is 772. The highest BCUT2D eigenvalue weighted by Crippen LogP contribution is 2.28. The number of anilines is 2. The lowest BCUT2D eigenvalue weighted by Crippen LogP contribution is -2.44. The van der Waals surface area contributed by atoms with Crippen molar-refractivity contribution in [3.8, 4) is 6.01 Å². The smallest absolute Gasteiger partial charge is 0.354 e. The summed E-state index contributed by atoms with van der Waals surface area (Å²) in [7, 11) is 1.33. The molecule has 0 saturated heterocycles. The fraction of sp³-hybridized carbons (Fsp3) is 0.467. The standard InChI is InChI=1S/C15H20N4O6/c1-5-24-12(21)8-7-15(3,13(22)25-6-2)19-9-10(16-8)17-14(23-4)18-11(9)20/h7,19H,5-6H2,1-4H3,(H2,16,17,18,20)/t15-/m0/s1. The zero-order chi connectivity index (χ0) is 18.6. The van der Waals surface area contributed by atoms with E-state index in [0.29, 0.717) is 0 Å². The van der Waals surface area contributed by atoms with Gasteiger partial charge in [0.25, 0.3) is 11.6 Å². The SMILES string of the molecule is CCOC(=O)C1=C[C@@](C)(C(=O)OCC)Nc2c(nc(OC)[nH]c2=O)N1. The summed E-state index contributed by atoms with van der Waals surface area (Å²) >= 11 is 0. The van der Waals surface area contributed by atoms with E-state index in [1.165, 1.54) is 20.1 Å². The number of H-pyrrole nitrogens is 1. The van der Waals surface area contributed by atoms with Gasteiger partial charge in [0.05, 0.1) is 20.3 Å². The van der Waals surface area contributed by atoms with Crippen LogP contribution in [-0.2, 0) is 19.1 Å². The van der Waals surface area contributed by atoms with Crippen LogP contribution < -0.4 is 20.9 Å². The second kappa shape index (κ2) is 7.24. The molecule has 0 fully saturated rings. The van der Waals surface area contributed by atoms with E-state index in [4.69, 9.17) is 14.2 Å². The average Bonchev–Trinajstić information content (AvgIpc) is 2.73. The van der Waals surface area contributed by atoms with Crippen molar-refractivity contribution in [3.63, 3.8) is 0 Å². The number of hydrogen-bond acceptors (Lipinski definition) is 9. The Morgan fingerprint density at radius 1 is 1.24 bits per heavy atom. The predicted octanol–water partition coefficient (Wildman–Crippen LogP) is 0.385. The van der Waals surface area contributed by atoms with Crippen molar-refractivity contribution < 1.29 is 23.8 Å². The first kappa shape index (κ1) is 18.3. The van der Waals surface area contributed by atoms with Crippen molar-refractivity contribution in [2.24, 2.45) is 0 Å². The molecule has 2 rings (SSSR count). The van der Waals surface area contributed by atoms with Gasteiger partial charge in [-0.15, -0.1) is 0 Å². The van der Waals surface area contributed by atoms with Crippen LogP contribution in [-0.4, -0.2) is 47.8 Å². The van der Waals surface area contributed by atoms with E-state index in [0.717, 1.165) is 0 Å². The molecule has 1 atom stereocenters. The van der Waals surface area contributed by atoms with Gasteiger partial charge in [0.2, 0.25) is 0 Å². The van der Waals surface area contributed by atoms with Crippen molar-refractivity contribution in [2.75, 3.05) is 31.0 Å². The lowest BCUT2D eigenvalue weighted by atomic mass is 10.0. The normalized spacial score (nSPS) is 18.6. The third-order valence-electron chi connectivity index (χ3n) is 3.36. The summed E-state index contributed by atoms with van der Waals surface area (Å²) in [6, 6.07) is -0.0546. The van der Waals surface area contributed by atoms with Crippen LogP contribution in [0, 0.1) is 0 Å². The van der Waals surface area contributed by atoms with E-state index in [2.05, 4.69) is 20.6 Å². The van der Waals surface area contributed by atoms with Crippen LogP contribution in [0.5, 0.6) is 6.01 Å². The molecule has 0 radical (unpaired) electrons. The van der Waals surface area contributed by atoms with Crippen molar-refractivity contribution in [2.45, 2.75) is 26.3 Å². The number of hydrogen-bond donors (Lipinski definition) is 3. The summed E-state index contributed by atoms with van der Waals surface area (Å²) < 4.78 is 14.9. The first-order valence-corrected chi connectivity index (χ1v) is 7.65. The number of ether oxygens (including phenoxy) is 3. The van der Waals surface area contributed by atoms with Crippen LogP contribution in [0.3, 0.4) is 0 Å². The number of fused-ring (bicyclic) bond motifs is 1. The number of esters is 2. The van der Waals surface area contributed by atoms with Gasteiger partial charge in [0, 0.05) is 0 Å². The molecule has 0 saturated carbocycles. The average molecular weight is 352 g/mol. The van der Waals surface area contributed by atoms with E-state index in [-0.39, 0.29) is 36.4 Å². The summed E-state index contributed by atoms with van der Waals surface area (Å²) in [5.41, 5.74) is -2.15. The zero-order valence-corrected chi connectivity index (χ0v) is 14.4. The molecule has 10 heteroatoms. The van der Waals surface area contributed by atoms with E-state index in [1.807, 2.05) is 0 Å². The van der Waals surface area contributed by atoms with Gasteiger partial charge in [0.15, 0.2) is 11.4 Å². The Balaban J connectivity index is 2.59. The van der Waals surface area contributed by atoms with Gasteiger partial charge in [-0.05, 0) is 26.8 Å². The molecule has 0 amide bonds. The molecule has 1 aliphatic heterocycles. The van der Waals surface area contributed by atoms with Gasteiger partial charge in [-0.2, -0.15) is 4.98 Å². The van der Waals surface area contributed by atoms with E-state index >= 15 is 0 Å². The Morgan fingerprint density at radius 2 is 1.92 bits per heavy atom. The summed E-state index contributed by atoms with van der Waals surface area (Å²) in [5, 5.41) is 5.50. The molecule has 1 aromatic rings. The Hall–Kier alpha value is -3.04. The van der Waals surface area contributed by atoms with E-state index in [9.17, 15) is 14.4 Å². The summed E-state index contributed by atoms with van der Waals surface area (Å²) in [6.45, 7) is 5.05. The topological polar surface area (TPSA) is 132 Å². The molecular weight excluding hydrogens is 332 g/mol. The van der Waals surface area contributed by atoms with Crippen molar-refractivity contribution >= 4 is 23.4 Å². The fourth-order valence-corrected chi connectivity index (χ4v) is 2.21. The molecule has 0 aliphatic carbocycles. The van der Waals surface area contributed by atoms with Gasteiger partial charge in [-0.3, -0.25) is 9.78 Å². The summed E-state index contributed by atoms with van der Waals surface area (Å²) in [4.78, 5) is 43.3. The molecule has 0 aromatic carbocycles. The van der Waals surface area contributed by atoms with Crippen LogP contribution in [0.15, 0.2) is 16.6 Å². The highest BCUT2D eigenvalue weighted by molar-refractivity contribution is 5.98. The minimum absolute atomic E-state index is 0.0212. The number of nitrogens with zero attached hydrogens (tertiary/aromatic N) is 1. The van der Waals surface area contributed by atoms with Crippen LogP contribution in [0.2, 0.25) is 0 Å².